The van der Waals surface area contributed by atoms with Crippen LogP contribution in [0, 0.1) is 5.41 Å². The minimum absolute atomic E-state index is 0.255. The van der Waals surface area contributed by atoms with Gasteiger partial charge in [0.15, 0.2) is 9.84 Å². The largest absolute Gasteiger partial charge is 0.317 e. The van der Waals surface area contributed by atoms with E-state index in [4.69, 9.17) is 0 Å². The first-order valence-corrected chi connectivity index (χ1v) is 11.0. The van der Waals surface area contributed by atoms with Crippen LogP contribution < -0.4 is 10.6 Å². The number of benzene rings is 1. The van der Waals surface area contributed by atoms with E-state index in [2.05, 4.69) is 17.6 Å². The van der Waals surface area contributed by atoms with Gasteiger partial charge >= 0.3 is 0 Å². The van der Waals surface area contributed by atoms with E-state index in [1.54, 1.807) is 12.1 Å². The van der Waals surface area contributed by atoms with E-state index in [0.717, 1.165) is 5.56 Å². The van der Waals surface area contributed by atoms with E-state index in [9.17, 15) is 8.42 Å². The highest BCUT2D eigenvalue weighted by atomic mass is 32.2. The Morgan fingerprint density at radius 3 is 2.21 bits per heavy atom. The average molecular weight is 351 g/mol. The number of hydrogen-bond acceptors (Lipinski definition) is 4. The van der Waals surface area contributed by atoms with Gasteiger partial charge in [0.1, 0.15) is 0 Å². The number of piperidine rings is 1. The van der Waals surface area contributed by atoms with E-state index in [1.807, 2.05) is 12.1 Å². The summed E-state index contributed by atoms with van der Waals surface area (Å²) in [5, 5.41) is 7.23. The highest BCUT2D eigenvalue weighted by Gasteiger charge is 2.36. The first-order chi connectivity index (χ1) is 11.4. The topological polar surface area (TPSA) is 58.2 Å². The summed E-state index contributed by atoms with van der Waals surface area (Å²) in [6.45, 7) is 4.53. The molecule has 0 radical (unpaired) electrons. The minimum atomic E-state index is -3.11. The molecule has 0 bridgehead atoms. The molecular formula is C19H30N2O2S. The molecule has 2 aliphatic rings. The smallest absolute Gasteiger partial charge is 0.175 e. The summed E-state index contributed by atoms with van der Waals surface area (Å²) in [7, 11) is -3.11. The van der Waals surface area contributed by atoms with Crippen LogP contribution in [-0.4, -0.2) is 33.8 Å². The van der Waals surface area contributed by atoms with Crippen molar-refractivity contribution in [2.45, 2.75) is 62.4 Å². The third-order valence-electron chi connectivity index (χ3n) is 6.00. The maximum Gasteiger partial charge on any atom is 0.175 e. The van der Waals surface area contributed by atoms with Gasteiger partial charge in [-0.05, 0) is 81.6 Å². The molecule has 0 amide bonds. The van der Waals surface area contributed by atoms with E-state index in [0.29, 0.717) is 16.4 Å². The van der Waals surface area contributed by atoms with Gasteiger partial charge < -0.3 is 10.6 Å². The lowest BCUT2D eigenvalue weighted by molar-refractivity contribution is 0.113. The predicted octanol–water partition coefficient (Wildman–Crippen LogP) is 3.05. The van der Waals surface area contributed by atoms with Crippen LogP contribution in [0.15, 0.2) is 29.2 Å². The Bertz CT molecular complexity index is 638. The molecule has 2 fully saturated rings. The van der Waals surface area contributed by atoms with E-state index < -0.39 is 9.84 Å². The highest BCUT2D eigenvalue weighted by Crippen LogP contribution is 2.43. The standard InChI is InChI=1S/C19H30N2O2S/c1-15(16-3-5-18(6-4-16)24(2,22)23)21-17-7-9-19(10-8-17)11-13-20-14-12-19/h3-6,15,17,20-21H,7-14H2,1-2H3. The Balaban J connectivity index is 1.55. The zero-order valence-electron chi connectivity index (χ0n) is 14.8. The molecule has 1 saturated heterocycles. The first-order valence-electron chi connectivity index (χ1n) is 9.15. The zero-order valence-corrected chi connectivity index (χ0v) is 15.7. The quantitative estimate of drug-likeness (QED) is 0.876. The summed E-state index contributed by atoms with van der Waals surface area (Å²) in [6.07, 6.45) is 9.11. The fraction of sp³-hybridized carbons (Fsp3) is 0.684. The van der Waals surface area contributed by atoms with Crippen molar-refractivity contribution < 1.29 is 8.42 Å². The summed E-state index contributed by atoms with van der Waals surface area (Å²) >= 11 is 0. The van der Waals surface area contributed by atoms with Crippen molar-refractivity contribution in [3.05, 3.63) is 29.8 Å². The number of nitrogens with one attached hydrogen (secondary N) is 2. The first kappa shape index (κ1) is 17.9. The monoisotopic (exact) mass is 350 g/mol. The molecule has 1 unspecified atom stereocenters. The van der Waals surface area contributed by atoms with E-state index in [-0.39, 0.29) is 6.04 Å². The third kappa shape index (κ3) is 4.19. The van der Waals surface area contributed by atoms with Crippen LogP contribution in [0.2, 0.25) is 0 Å². The molecule has 3 rings (SSSR count). The van der Waals surface area contributed by atoms with Gasteiger partial charge in [-0.25, -0.2) is 8.42 Å². The van der Waals surface area contributed by atoms with Gasteiger partial charge in [-0.15, -0.1) is 0 Å². The van der Waals surface area contributed by atoms with Gasteiger partial charge in [0.2, 0.25) is 0 Å². The fourth-order valence-electron chi connectivity index (χ4n) is 4.31. The maximum absolute atomic E-state index is 11.6. The molecule has 0 aromatic heterocycles. The van der Waals surface area contributed by atoms with Crippen molar-refractivity contribution in [2.24, 2.45) is 5.41 Å². The third-order valence-corrected chi connectivity index (χ3v) is 7.13. The number of sulfone groups is 1. The molecule has 1 atom stereocenters. The molecule has 134 valence electrons. The Kier molecular flexibility index (Phi) is 5.33. The molecule has 1 aromatic rings. The van der Waals surface area contributed by atoms with Crippen molar-refractivity contribution in [3.8, 4) is 0 Å². The van der Waals surface area contributed by atoms with Crippen LogP contribution in [0.4, 0.5) is 0 Å². The molecule has 5 heteroatoms. The number of rotatable bonds is 4. The van der Waals surface area contributed by atoms with Crippen molar-refractivity contribution in [1.82, 2.24) is 10.6 Å². The van der Waals surface area contributed by atoms with E-state index in [1.165, 1.54) is 57.9 Å². The normalized spacial score (nSPS) is 23.2. The molecular weight excluding hydrogens is 320 g/mol. The van der Waals surface area contributed by atoms with Crippen LogP contribution in [0.5, 0.6) is 0 Å². The van der Waals surface area contributed by atoms with Gasteiger partial charge in [-0.2, -0.15) is 0 Å². The Morgan fingerprint density at radius 2 is 1.67 bits per heavy atom. The van der Waals surface area contributed by atoms with E-state index >= 15 is 0 Å². The Hall–Kier alpha value is -0.910. The van der Waals surface area contributed by atoms with Gasteiger partial charge in [-0.3, -0.25) is 0 Å². The maximum atomic E-state index is 11.6. The van der Waals surface area contributed by atoms with Crippen LogP contribution in [0.1, 0.15) is 57.1 Å². The molecule has 1 spiro atoms. The molecule has 1 saturated carbocycles. The van der Waals surface area contributed by atoms with Gasteiger partial charge in [0.05, 0.1) is 4.90 Å². The van der Waals surface area contributed by atoms with Gasteiger partial charge in [0.25, 0.3) is 0 Å². The predicted molar refractivity (Wildman–Crippen MR) is 97.9 cm³/mol. The molecule has 2 N–H and O–H groups in total. The second kappa shape index (κ2) is 7.14. The molecule has 1 heterocycles. The molecule has 1 aliphatic heterocycles. The highest BCUT2D eigenvalue weighted by molar-refractivity contribution is 7.90. The zero-order chi connectivity index (χ0) is 17.2. The Morgan fingerprint density at radius 1 is 1.08 bits per heavy atom. The second-order valence-electron chi connectivity index (χ2n) is 7.75. The molecule has 24 heavy (non-hydrogen) atoms. The van der Waals surface area contributed by atoms with Crippen molar-refractivity contribution in [1.29, 1.82) is 0 Å². The summed E-state index contributed by atoms with van der Waals surface area (Å²) in [5.74, 6) is 0. The summed E-state index contributed by atoms with van der Waals surface area (Å²) in [6, 6.07) is 8.14. The molecule has 1 aliphatic carbocycles. The minimum Gasteiger partial charge on any atom is -0.317 e. The SMILES string of the molecule is CC(NC1CCC2(CCNCC2)CC1)c1ccc(S(C)(=O)=O)cc1. The fourth-order valence-corrected chi connectivity index (χ4v) is 4.94. The van der Waals surface area contributed by atoms with Crippen molar-refractivity contribution in [3.63, 3.8) is 0 Å². The van der Waals surface area contributed by atoms with Gasteiger partial charge in [0, 0.05) is 18.3 Å². The average Bonchev–Trinajstić information content (AvgIpc) is 2.57. The van der Waals surface area contributed by atoms with Crippen LogP contribution in [0.25, 0.3) is 0 Å². The van der Waals surface area contributed by atoms with Crippen LogP contribution >= 0.6 is 0 Å². The second-order valence-corrected chi connectivity index (χ2v) is 9.77. The van der Waals surface area contributed by atoms with Crippen LogP contribution in [0.3, 0.4) is 0 Å². The summed E-state index contributed by atoms with van der Waals surface area (Å²) < 4.78 is 23.1. The summed E-state index contributed by atoms with van der Waals surface area (Å²) in [4.78, 5) is 0.393. The lowest BCUT2D eigenvalue weighted by Gasteiger charge is -2.44. The van der Waals surface area contributed by atoms with Gasteiger partial charge in [-0.1, -0.05) is 12.1 Å². The number of hydrogen-bond donors (Lipinski definition) is 2. The summed E-state index contributed by atoms with van der Waals surface area (Å²) in [5.41, 5.74) is 1.76. The van der Waals surface area contributed by atoms with Crippen molar-refractivity contribution >= 4 is 9.84 Å². The molecule has 1 aromatic carbocycles. The van der Waals surface area contributed by atoms with Crippen LogP contribution in [-0.2, 0) is 9.84 Å². The molecule has 4 nitrogen and oxygen atoms in total. The lowest BCUT2D eigenvalue weighted by atomic mass is 9.67. The van der Waals surface area contributed by atoms with Crippen molar-refractivity contribution in [2.75, 3.05) is 19.3 Å². The lowest BCUT2D eigenvalue weighted by Crippen LogP contribution is -2.43. The Labute approximate surface area is 146 Å².